The smallest absolute Gasteiger partial charge is 0.248 e. The Morgan fingerprint density at radius 2 is 2.16 bits per heavy atom. The van der Waals surface area contributed by atoms with E-state index in [0.29, 0.717) is 19.3 Å². The number of rotatable bonds is 6. The molecule has 6 heteroatoms. The van der Waals surface area contributed by atoms with Gasteiger partial charge in [0.05, 0.1) is 19.3 Å². The average Bonchev–Trinajstić information content (AvgIpc) is 2.98. The summed E-state index contributed by atoms with van der Waals surface area (Å²) in [5.41, 5.74) is 0. The van der Waals surface area contributed by atoms with Crippen molar-refractivity contribution in [3.63, 3.8) is 0 Å². The highest BCUT2D eigenvalue weighted by Crippen LogP contribution is 2.21. The van der Waals surface area contributed by atoms with E-state index < -0.39 is 0 Å². The van der Waals surface area contributed by atoms with Crippen molar-refractivity contribution in [2.75, 3.05) is 40.0 Å². The van der Waals surface area contributed by atoms with Crippen molar-refractivity contribution in [2.45, 2.75) is 18.9 Å². The van der Waals surface area contributed by atoms with E-state index in [2.05, 4.69) is 5.10 Å². The molecule has 19 heavy (non-hydrogen) atoms. The highest BCUT2D eigenvalue weighted by atomic mass is 16.5. The van der Waals surface area contributed by atoms with Gasteiger partial charge in [0, 0.05) is 32.6 Å². The number of nitrogens with zero attached hydrogens (tertiary/aromatic N) is 3. The first-order valence-corrected chi connectivity index (χ1v) is 6.65. The lowest BCUT2D eigenvalue weighted by molar-refractivity contribution is -0.137. The number of hydrogen-bond donors (Lipinski definition) is 0. The minimum Gasteiger partial charge on any atom is -0.382 e. The number of likely N-dealkylation sites (tertiary alicyclic amines) is 1. The minimum atomic E-state index is 0.0648. The van der Waals surface area contributed by atoms with Crippen molar-refractivity contribution in [2.24, 2.45) is 0 Å². The zero-order chi connectivity index (χ0) is 13.5. The second kappa shape index (κ2) is 7.25. The van der Waals surface area contributed by atoms with Gasteiger partial charge in [0.1, 0.15) is 6.61 Å². The molecule has 1 aromatic rings. The Balaban J connectivity index is 1.69. The van der Waals surface area contributed by atoms with Crippen molar-refractivity contribution in [1.82, 2.24) is 14.7 Å². The Labute approximate surface area is 113 Å². The molecule has 1 amide bonds. The molecule has 0 spiro atoms. The van der Waals surface area contributed by atoms with Crippen LogP contribution in [-0.2, 0) is 14.3 Å². The lowest BCUT2D eigenvalue weighted by Gasteiger charge is -2.32. The van der Waals surface area contributed by atoms with Crippen molar-refractivity contribution >= 4 is 5.91 Å². The molecule has 1 aliphatic heterocycles. The first-order valence-electron chi connectivity index (χ1n) is 6.65. The first-order chi connectivity index (χ1) is 9.31. The molecule has 0 radical (unpaired) electrons. The molecule has 1 aliphatic rings. The Kier molecular flexibility index (Phi) is 5.35. The molecule has 1 aromatic heterocycles. The van der Waals surface area contributed by atoms with Crippen LogP contribution in [0.5, 0.6) is 0 Å². The highest BCUT2D eigenvalue weighted by molar-refractivity contribution is 5.77. The maximum atomic E-state index is 11.9. The number of aromatic nitrogens is 2. The van der Waals surface area contributed by atoms with E-state index in [9.17, 15) is 4.79 Å². The lowest BCUT2D eigenvalue weighted by atomic mass is 10.1. The molecule has 0 atom stereocenters. The van der Waals surface area contributed by atoms with E-state index in [4.69, 9.17) is 9.47 Å². The highest BCUT2D eigenvalue weighted by Gasteiger charge is 2.23. The third kappa shape index (κ3) is 4.04. The number of piperidine rings is 1. The van der Waals surface area contributed by atoms with Crippen LogP contribution in [0.15, 0.2) is 18.5 Å². The maximum absolute atomic E-state index is 11.9. The van der Waals surface area contributed by atoms with Gasteiger partial charge in [-0.05, 0) is 18.9 Å². The van der Waals surface area contributed by atoms with Crippen LogP contribution in [0.2, 0.25) is 0 Å². The Morgan fingerprint density at radius 1 is 1.37 bits per heavy atom. The molecular weight excluding hydrogens is 246 g/mol. The molecule has 0 bridgehead atoms. The normalized spacial score (nSPS) is 16.8. The van der Waals surface area contributed by atoms with Crippen molar-refractivity contribution in [1.29, 1.82) is 0 Å². The number of carbonyl (C=O) groups is 1. The van der Waals surface area contributed by atoms with Gasteiger partial charge in [-0.3, -0.25) is 9.48 Å². The summed E-state index contributed by atoms with van der Waals surface area (Å²) in [6, 6.07) is 2.34. The monoisotopic (exact) mass is 267 g/mol. The molecule has 1 saturated heterocycles. The average molecular weight is 267 g/mol. The number of methoxy groups -OCH3 is 1. The van der Waals surface area contributed by atoms with Gasteiger partial charge in [0.15, 0.2) is 0 Å². The van der Waals surface area contributed by atoms with E-state index in [-0.39, 0.29) is 12.5 Å². The molecule has 0 unspecified atom stereocenters. The Hall–Kier alpha value is -1.40. The van der Waals surface area contributed by atoms with Crippen molar-refractivity contribution in [3.8, 4) is 0 Å². The maximum Gasteiger partial charge on any atom is 0.248 e. The summed E-state index contributed by atoms with van der Waals surface area (Å²) in [4.78, 5) is 13.8. The van der Waals surface area contributed by atoms with Crippen LogP contribution >= 0.6 is 0 Å². The number of ether oxygens (including phenoxy) is 2. The third-order valence-corrected chi connectivity index (χ3v) is 3.37. The van der Waals surface area contributed by atoms with Crippen LogP contribution in [-0.4, -0.2) is 60.6 Å². The zero-order valence-corrected chi connectivity index (χ0v) is 11.3. The van der Waals surface area contributed by atoms with Crippen LogP contribution in [0.25, 0.3) is 0 Å². The third-order valence-electron chi connectivity index (χ3n) is 3.37. The van der Waals surface area contributed by atoms with Gasteiger partial charge in [-0.1, -0.05) is 0 Å². The topological polar surface area (TPSA) is 56.6 Å². The van der Waals surface area contributed by atoms with Gasteiger partial charge in [0.25, 0.3) is 0 Å². The number of hydrogen-bond acceptors (Lipinski definition) is 4. The van der Waals surface area contributed by atoms with E-state index in [0.717, 1.165) is 25.9 Å². The fourth-order valence-electron chi connectivity index (χ4n) is 2.27. The summed E-state index contributed by atoms with van der Waals surface area (Å²) in [6.07, 6.45) is 5.67. The van der Waals surface area contributed by atoms with E-state index in [1.54, 1.807) is 13.3 Å². The summed E-state index contributed by atoms with van der Waals surface area (Å²) >= 11 is 0. The van der Waals surface area contributed by atoms with Gasteiger partial charge >= 0.3 is 0 Å². The number of carbonyl (C=O) groups excluding carboxylic acids is 1. The lowest BCUT2D eigenvalue weighted by Crippen LogP contribution is -2.41. The fraction of sp³-hybridized carbons (Fsp3) is 0.692. The van der Waals surface area contributed by atoms with Crippen LogP contribution < -0.4 is 0 Å². The van der Waals surface area contributed by atoms with Crippen molar-refractivity contribution in [3.05, 3.63) is 18.5 Å². The molecule has 2 rings (SSSR count). The van der Waals surface area contributed by atoms with Crippen LogP contribution in [0.3, 0.4) is 0 Å². The molecule has 0 aromatic carbocycles. The number of amides is 1. The van der Waals surface area contributed by atoms with Gasteiger partial charge in [0.2, 0.25) is 5.91 Å². The molecule has 1 fully saturated rings. The van der Waals surface area contributed by atoms with Gasteiger partial charge in [-0.15, -0.1) is 0 Å². The summed E-state index contributed by atoms with van der Waals surface area (Å²) in [6.45, 7) is 2.68. The standard InChI is InChI=1S/C13H21N3O3/c1-18-9-10-19-11-13(17)15-7-3-12(4-8-15)16-6-2-5-14-16/h2,5-6,12H,3-4,7-11H2,1H3. The molecule has 0 saturated carbocycles. The zero-order valence-electron chi connectivity index (χ0n) is 11.3. The molecule has 0 aliphatic carbocycles. The predicted molar refractivity (Wildman–Crippen MR) is 69.8 cm³/mol. The Bertz CT molecular complexity index is 372. The Morgan fingerprint density at radius 3 is 2.79 bits per heavy atom. The summed E-state index contributed by atoms with van der Waals surface area (Å²) < 4.78 is 12.1. The molecular formula is C13H21N3O3. The van der Waals surface area contributed by atoms with Crippen LogP contribution in [0.4, 0.5) is 0 Å². The summed E-state index contributed by atoms with van der Waals surface area (Å²) in [5.74, 6) is 0.0648. The summed E-state index contributed by atoms with van der Waals surface area (Å²) in [7, 11) is 1.62. The predicted octanol–water partition coefficient (Wildman–Crippen LogP) is 0.710. The quantitative estimate of drug-likeness (QED) is 0.712. The second-order valence-corrected chi connectivity index (χ2v) is 4.64. The summed E-state index contributed by atoms with van der Waals surface area (Å²) in [5, 5.41) is 4.25. The van der Waals surface area contributed by atoms with Crippen LogP contribution in [0, 0.1) is 0 Å². The van der Waals surface area contributed by atoms with Crippen LogP contribution in [0.1, 0.15) is 18.9 Å². The first kappa shape index (κ1) is 14.0. The van der Waals surface area contributed by atoms with E-state index in [1.165, 1.54) is 0 Å². The fourth-order valence-corrected chi connectivity index (χ4v) is 2.27. The van der Waals surface area contributed by atoms with Gasteiger partial charge in [-0.25, -0.2) is 0 Å². The van der Waals surface area contributed by atoms with Gasteiger partial charge in [-0.2, -0.15) is 5.10 Å². The molecule has 6 nitrogen and oxygen atoms in total. The van der Waals surface area contributed by atoms with E-state index in [1.807, 2.05) is 21.8 Å². The second-order valence-electron chi connectivity index (χ2n) is 4.64. The largest absolute Gasteiger partial charge is 0.382 e. The van der Waals surface area contributed by atoms with Gasteiger partial charge < -0.3 is 14.4 Å². The van der Waals surface area contributed by atoms with Crippen molar-refractivity contribution < 1.29 is 14.3 Å². The molecule has 2 heterocycles. The molecule has 106 valence electrons. The van der Waals surface area contributed by atoms with E-state index >= 15 is 0 Å². The minimum absolute atomic E-state index is 0.0648. The SMILES string of the molecule is COCCOCC(=O)N1CCC(n2cccn2)CC1. The molecule has 0 N–H and O–H groups in total.